The second-order valence-electron chi connectivity index (χ2n) is 11.4. The molecule has 0 bridgehead atoms. The molecule has 1 aromatic heterocycles. The summed E-state index contributed by atoms with van der Waals surface area (Å²) in [5.41, 5.74) is 7.52. The van der Waals surface area contributed by atoms with Crippen LogP contribution in [0.25, 0.3) is 11.0 Å². The van der Waals surface area contributed by atoms with Gasteiger partial charge < -0.3 is 9.30 Å². The molecule has 0 amide bonds. The fourth-order valence-corrected chi connectivity index (χ4v) is 6.47. The molecule has 4 aromatic carbocycles. The summed E-state index contributed by atoms with van der Waals surface area (Å²) >= 11 is 12.5. The zero-order valence-corrected chi connectivity index (χ0v) is 24.9. The topological polar surface area (TPSA) is 47.4 Å². The lowest BCUT2D eigenvalue weighted by atomic mass is 9.85. The van der Waals surface area contributed by atoms with Gasteiger partial charge in [-0.3, -0.25) is 4.90 Å². The van der Waals surface area contributed by atoms with Crippen LogP contribution in [0.15, 0.2) is 91.0 Å². The third-order valence-electron chi connectivity index (χ3n) is 8.48. The fraction of sp³-hybridized carbons (Fsp3) is 0.257. The monoisotopic (exact) mass is 595 g/mol. The molecule has 2 fully saturated rings. The lowest BCUT2D eigenvalue weighted by Gasteiger charge is -2.41. The summed E-state index contributed by atoms with van der Waals surface area (Å²) in [6.45, 7) is 2.68. The Kier molecular flexibility index (Phi) is 7.27. The first-order chi connectivity index (χ1) is 20.5. The number of esters is 1. The molecule has 0 radical (unpaired) electrons. The van der Waals surface area contributed by atoms with Gasteiger partial charge in [-0.1, -0.05) is 65.7 Å². The molecule has 7 rings (SSSR count). The molecular weight excluding hydrogens is 565 g/mol. The van der Waals surface area contributed by atoms with Gasteiger partial charge in [0, 0.05) is 41.5 Å². The van der Waals surface area contributed by atoms with Crippen molar-refractivity contribution in [1.29, 1.82) is 0 Å². The van der Waals surface area contributed by atoms with E-state index >= 15 is 0 Å². The van der Waals surface area contributed by atoms with Gasteiger partial charge in [-0.25, -0.2) is 9.78 Å². The van der Waals surface area contributed by atoms with E-state index in [1.165, 1.54) is 48.0 Å². The molecule has 42 heavy (non-hydrogen) atoms. The average molecular weight is 597 g/mol. The van der Waals surface area contributed by atoms with Crippen LogP contribution in [0, 0.1) is 0 Å². The Morgan fingerprint density at radius 3 is 2.14 bits per heavy atom. The van der Waals surface area contributed by atoms with Crippen molar-refractivity contribution in [3.05, 3.63) is 135 Å². The van der Waals surface area contributed by atoms with Crippen LogP contribution in [-0.2, 0) is 11.3 Å². The van der Waals surface area contributed by atoms with Gasteiger partial charge in [-0.05, 0) is 83.6 Å². The predicted molar refractivity (Wildman–Crippen MR) is 168 cm³/mol. The summed E-state index contributed by atoms with van der Waals surface area (Å²) in [4.78, 5) is 19.6. The highest BCUT2D eigenvalue weighted by molar-refractivity contribution is 6.30. The van der Waals surface area contributed by atoms with E-state index in [2.05, 4.69) is 58.0 Å². The minimum absolute atomic E-state index is 0.0386. The number of ether oxygens (including phenoxy) is 1. The molecule has 0 N–H and O–H groups in total. The van der Waals surface area contributed by atoms with E-state index in [0.717, 1.165) is 40.8 Å². The van der Waals surface area contributed by atoms with Crippen molar-refractivity contribution in [1.82, 2.24) is 14.5 Å². The number of halogens is 2. The molecule has 5 nitrogen and oxygen atoms in total. The Hall–Kier alpha value is -3.64. The molecule has 2 aliphatic rings. The van der Waals surface area contributed by atoms with Crippen molar-refractivity contribution in [3.63, 3.8) is 0 Å². The zero-order valence-electron chi connectivity index (χ0n) is 23.3. The molecule has 0 spiro atoms. The van der Waals surface area contributed by atoms with Gasteiger partial charge in [-0.15, -0.1) is 0 Å². The van der Waals surface area contributed by atoms with Crippen LogP contribution >= 0.6 is 23.2 Å². The molecular formula is C35H31Cl2N3O2. The number of likely N-dealkylation sites (tertiary alicyclic amines) is 1. The quantitative estimate of drug-likeness (QED) is 0.134. The highest BCUT2D eigenvalue weighted by Gasteiger charge is 2.36. The fourth-order valence-electron chi connectivity index (χ4n) is 6.22. The van der Waals surface area contributed by atoms with Crippen molar-refractivity contribution in [3.8, 4) is 0 Å². The standard InChI is InChI=1S/C35H31Cl2N3O2/c1-42-35(41)27-4-2-3-22(17-27)19-39-20-30(21-39)40-32-18-26(11-16-31(32)38-34(40)25-5-6-25)33(23-7-12-28(36)13-8-23)24-9-14-29(37)15-10-24/h2-4,7-18,25,30,33H,5-6,19-21H2,1H3. The van der Waals surface area contributed by atoms with E-state index in [9.17, 15) is 4.79 Å². The van der Waals surface area contributed by atoms with E-state index < -0.39 is 0 Å². The Balaban J connectivity index is 1.21. The minimum atomic E-state index is -0.302. The first-order valence-electron chi connectivity index (χ1n) is 14.4. The minimum Gasteiger partial charge on any atom is -0.465 e. The molecule has 1 aliphatic heterocycles. The van der Waals surface area contributed by atoms with Crippen molar-refractivity contribution in [2.75, 3.05) is 20.2 Å². The molecule has 0 atom stereocenters. The lowest BCUT2D eigenvalue weighted by molar-refractivity contribution is 0.0600. The largest absolute Gasteiger partial charge is 0.465 e. The third-order valence-corrected chi connectivity index (χ3v) is 8.98. The van der Waals surface area contributed by atoms with Crippen molar-refractivity contribution < 1.29 is 9.53 Å². The smallest absolute Gasteiger partial charge is 0.337 e. The second-order valence-corrected chi connectivity index (χ2v) is 12.3. The molecule has 7 heteroatoms. The van der Waals surface area contributed by atoms with Crippen molar-refractivity contribution in [2.45, 2.75) is 37.3 Å². The summed E-state index contributed by atoms with van der Waals surface area (Å²) in [6.07, 6.45) is 2.40. The maximum Gasteiger partial charge on any atom is 0.337 e. The predicted octanol–water partition coefficient (Wildman–Crippen LogP) is 8.24. The van der Waals surface area contributed by atoms with E-state index in [4.69, 9.17) is 32.9 Å². The van der Waals surface area contributed by atoms with Crippen LogP contribution in [-0.4, -0.2) is 40.6 Å². The number of methoxy groups -OCH3 is 1. The summed E-state index contributed by atoms with van der Waals surface area (Å²) in [7, 11) is 1.42. The Morgan fingerprint density at radius 1 is 0.881 bits per heavy atom. The normalized spacial score (nSPS) is 15.7. The number of carbonyl (C=O) groups excluding carboxylic acids is 1. The summed E-state index contributed by atoms with van der Waals surface area (Å²) in [6, 6.07) is 31.1. The number of carbonyl (C=O) groups is 1. The van der Waals surface area contributed by atoms with Crippen molar-refractivity contribution in [2.24, 2.45) is 0 Å². The van der Waals surface area contributed by atoms with E-state index in [1.54, 1.807) is 6.07 Å². The zero-order chi connectivity index (χ0) is 28.8. The molecule has 1 saturated heterocycles. The number of hydrogen-bond donors (Lipinski definition) is 0. The van der Waals surface area contributed by atoms with Crippen LogP contribution in [0.5, 0.6) is 0 Å². The Labute approximate surface area is 255 Å². The number of imidazole rings is 1. The first kappa shape index (κ1) is 27.2. The van der Waals surface area contributed by atoms with E-state index in [1.807, 2.05) is 36.4 Å². The number of fused-ring (bicyclic) bond motifs is 1. The second kappa shape index (κ2) is 11.2. The summed E-state index contributed by atoms with van der Waals surface area (Å²) in [5.74, 6) is 1.49. The van der Waals surface area contributed by atoms with E-state index in [-0.39, 0.29) is 11.9 Å². The number of benzene rings is 4. The number of nitrogens with zero attached hydrogens (tertiary/aromatic N) is 3. The molecule has 0 unspecified atom stereocenters. The summed E-state index contributed by atoms with van der Waals surface area (Å²) in [5, 5.41) is 1.45. The maximum atomic E-state index is 12.0. The van der Waals surface area contributed by atoms with Crippen LogP contribution < -0.4 is 0 Å². The van der Waals surface area contributed by atoms with Crippen LogP contribution in [0.2, 0.25) is 10.0 Å². The Morgan fingerprint density at radius 2 is 1.52 bits per heavy atom. The van der Waals surface area contributed by atoms with Crippen LogP contribution in [0.1, 0.15) is 69.2 Å². The van der Waals surface area contributed by atoms with Gasteiger partial charge in [0.05, 0.1) is 29.7 Å². The number of hydrogen-bond acceptors (Lipinski definition) is 4. The van der Waals surface area contributed by atoms with Crippen LogP contribution in [0.4, 0.5) is 0 Å². The van der Waals surface area contributed by atoms with Gasteiger partial charge in [-0.2, -0.15) is 0 Å². The highest BCUT2D eigenvalue weighted by Crippen LogP contribution is 2.44. The van der Waals surface area contributed by atoms with Gasteiger partial charge in [0.2, 0.25) is 0 Å². The lowest BCUT2D eigenvalue weighted by Crippen LogP contribution is -2.47. The van der Waals surface area contributed by atoms with Gasteiger partial charge in [0.25, 0.3) is 0 Å². The van der Waals surface area contributed by atoms with Gasteiger partial charge in [0.1, 0.15) is 5.82 Å². The number of aromatic nitrogens is 2. The molecule has 2 heterocycles. The molecule has 1 saturated carbocycles. The maximum absolute atomic E-state index is 12.0. The van der Waals surface area contributed by atoms with E-state index in [0.29, 0.717) is 17.5 Å². The average Bonchev–Trinajstić information content (AvgIpc) is 3.77. The number of rotatable bonds is 8. The highest BCUT2D eigenvalue weighted by atomic mass is 35.5. The van der Waals surface area contributed by atoms with Gasteiger partial charge >= 0.3 is 5.97 Å². The molecule has 1 aliphatic carbocycles. The van der Waals surface area contributed by atoms with Crippen molar-refractivity contribution >= 4 is 40.2 Å². The first-order valence-corrected chi connectivity index (χ1v) is 15.1. The van der Waals surface area contributed by atoms with Crippen LogP contribution in [0.3, 0.4) is 0 Å². The molecule has 5 aromatic rings. The SMILES string of the molecule is COC(=O)c1cccc(CN2CC(n3c(C4CC4)nc4ccc(C(c5ccc(Cl)cc5)c5ccc(Cl)cc5)cc43)C2)c1. The molecule has 212 valence electrons. The summed E-state index contributed by atoms with van der Waals surface area (Å²) < 4.78 is 7.42. The third kappa shape index (κ3) is 5.33. The van der Waals surface area contributed by atoms with Gasteiger partial charge in [0.15, 0.2) is 0 Å². The Bertz CT molecular complexity index is 1710.